The molecule has 1 aliphatic rings. The van der Waals surface area contributed by atoms with Crippen molar-refractivity contribution in [3.8, 4) is 5.75 Å². The summed E-state index contributed by atoms with van der Waals surface area (Å²) in [4.78, 5) is 2.45. The van der Waals surface area contributed by atoms with Crippen LogP contribution in [-0.4, -0.2) is 42.4 Å². The highest BCUT2D eigenvalue weighted by Gasteiger charge is 2.21. The van der Waals surface area contributed by atoms with E-state index in [9.17, 15) is 0 Å². The average molecular weight is 278 g/mol. The third kappa shape index (κ3) is 4.47. The molecule has 1 atom stereocenters. The van der Waals surface area contributed by atoms with Crippen molar-refractivity contribution in [2.24, 2.45) is 5.73 Å². The van der Waals surface area contributed by atoms with Crippen LogP contribution < -0.4 is 10.5 Å². The smallest absolute Gasteiger partial charge is 0.119 e. The van der Waals surface area contributed by atoms with Crippen LogP contribution >= 0.6 is 0 Å². The Bertz CT molecular complexity index is 379. The van der Waals surface area contributed by atoms with Gasteiger partial charge in [0.2, 0.25) is 0 Å². The standard InChI is InChI=1S/C16H26N2O2/c17-13-14-4-6-16(7-5-14)20-12-10-18-9-2-1-3-15(18)8-11-19/h4-7,15,19H,1-3,8-13,17H2. The van der Waals surface area contributed by atoms with Crippen LogP contribution in [0.25, 0.3) is 0 Å². The van der Waals surface area contributed by atoms with E-state index in [0.29, 0.717) is 19.2 Å². The van der Waals surface area contributed by atoms with Gasteiger partial charge >= 0.3 is 0 Å². The van der Waals surface area contributed by atoms with Gasteiger partial charge in [0.1, 0.15) is 12.4 Å². The minimum absolute atomic E-state index is 0.280. The first-order valence-electron chi connectivity index (χ1n) is 7.60. The maximum absolute atomic E-state index is 9.12. The predicted octanol–water partition coefficient (Wildman–Crippen LogP) is 1.76. The SMILES string of the molecule is NCc1ccc(OCCN2CCCCC2CCO)cc1. The summed E-state index contributed by atoms with van der Waals surface area (Å²) in [5.74, 6) is 0.901. The molecule has 1 aromatic carbocycles. The van der Waals surface area contributed by atoms with Crippen molar-refractivity contribution in [3.05, 3.63) is 29.8 Å². The van der Waals surface area contributed by atoms with Crippen molar-refractivity contribution in [2.45, 2.75) is 38.3 Å². The zero-order chi connectivity index (χ0) is 14.2. The second-order valence-corrected chi connectivity index (χ2v) is 5.39. The van der Waals surface area contributed by atoms with Gasteiger partial charge in [-0.05, 0) is 43.5 Å². The number of likely N-dealkylation sites (tertiary alicyclic amines) is 1. The maximum Gasteiger partial charge on any atom is 0.119 e. The Balaban J connectivity index is 1.75. The van der Waals surface area contributed by atoms with E-state index in [0.717, 1.165) is 30.8 Å². The Hall–Kier alpha value is -1.10. The largest absolute Gasteiger partial charge is 0.492 e. The molecule has 0 bridgehead atoms. The van der Waals surface area contributed by atoms with E-state index in [1.54, 1.807) is 0 Å². The monoisotopic (exact) mass is 278 g/mol. The summed E-state index contributed by atoms with van der Waals surface area (Å²) in [6, 6.07) is 8.49. The number of aliphatic hydroxyl groups is 1. The molecule has 4 heteroatoms. The van der Waals surface area contributed by atoms with Crippen molar-refractivity contribution in [1.29, 1.82) is 0 Å². The Morgan fingerprint density at radius 2 is 2.05 bits per heavy atom. The van der Waals surface area contributed by atoms with Crippen LogP contribution in [0.15, 0.2) is 24.3 Å². The fourth-order valence-electron chi connectivity index (χ4n) is 2.83. The van der Waals surface area contributed by atoms with Crippen LogP contribution in [0.2, 0.25) is 0 Å². The van der Waals surface area contributed by atoms with Crippen LogP contribution in [0.3, 0.4) is 0 Å². The summed E-state index contributed by atoms with van der Waals surface area (Å²) in [6.07, 6.45) is 4.62. The quantitative estimate of drug-likeness (QED) is 0.798. The Morgan fingerprint density at radius 3 is 2.75 bits per heavy atom. The Morgan fingerprint density at radius 1 is 1.25 bits per heavy atom. The van der Waals surface area contributed by atoms with E-state index in [-0.39, 0.29) is 6.61 Å². The molecular formula is C16H26N2O2. The molecule has 1 aliphatic heterocycles. The highest BCUT2D eigenvalue weighted by atomic mass is 16.5. The fourth-order valence-corrected chi connectivity index (χ4v) is 2.83. The lowest BCUT2D eigenvalue weighted by molar-refractivity contribution is 0.102. The van der Waals surface area contributed by atoms with E-state index in [2.05, 4.69) is 4.90 Å². The van der Waals surface area contributed by atoms with Gasteiger partial charge in [-0.25, -0.2) is 0 Å². The molecule has 112 valence electrons. The zero-order valence-corrected chi connectivity index (χ0v) is 12.1. The van der Waals surface area contributed by atoms with Crippen molar-refractivity contribution >= 4 is 0 Å². The molecule has 0 spiro atoms. The first kappa shape index (κ1) is 15.3. The zero-order valence-electron chi connectivity index (χ0n) is 12.1. The summed E-state index contributed by atoms with van der Waals surface area (Å²) in [6.45, 7) is 3.60. The minimum Gasteiger partial charge on any atom is -0.492 e. The van der Waals surface area contributed by atoms with Gasteiger partial charge < -0.3 is 15.6 Å². The Labute approximate surface area is 121 Å². The molecule has 3 N–H and O–H groups in total. The number of piperidine rings is 1. The molecule has 1 saturated heterocycles. The molecule has 0 amide bonds. The van der Waals surface area contributed by atoms with Gasteiger partial charge in [0.15, 0.2) is 0 Å². The van der Waals surface area contributed by atoms with Gasteiger partial charge in [0.25, 0.3) is 0 Å². The number of hydrogen-bond acceptors (Lipinski definition) is 4. The van der Waals surface area contributed by atoms with E-state index in [1.165, 1.54) is 19.3 Å². The van der Waals surface area contributed by atoms with Crippen molar-refractivity contribution in [2.75, 3.05) is 26.3 Å². The van der Waals surface area contributed by atoms with Crippen molar-refractivity contribution < 1.29 is 9.84 Å². The second kappa shape index (κ2) is 8.25. The molecule has 1 heterocycles. The molecule has 0 radical (unpaired) electrons. The molecule has 4 nitrogen and oxygen atoms in total. The summed E-state index contributed by atoms with van der Waals surface area (Å²) in [7, 11) is 0. The van der Waals surface area contributed by atoms with Gasteiger partial charge in [-0.3, -0.25) is 4.90 Å². The number of benzene rings is 1. The summed E-state index contributed by atoms with van der Waals surface area (Å²) < 4.78 is 5.79. The third-order valence-corrected chi connectivity index (χ3v) is 4.02. The lowest BCUT2D eigenvalue weighted by Gasteiger charge is -2.35. The molecule has 0 aromatic heterocycles. The molecule has 0 aliphatic carbocycles. The number of aliphatic hydroxyl groups excluding tert-OH is 1. The van der Waals surface area contributed by atoms with Crippen LogP contribution in [-0.2, 0) is 6.54 Å². The van der Waals surface area contributed by atoms with Gasteiger partial charge in [-0.1, -0.05) is 18.6 Å². The lowest BCUT2D eigenvalue weighted by atomic mass is 10.00. The van der Waals surface area contributed by atoms with Crippen LogP contribution in [0.5, 0.6) is 5.75 Å². The molecular weight excluding hydrogens is 252 g/mol. The topological polar surface area (TPSA) is 58.7 Å². The first-order chi connectivity index (χ1) is 9.83. The lowest BCUT2D eigenvalue weighted by Crippen LogP contribution is -2.42. The second-order valence-electron chi connectivity index (χ2n) is 5.39. The van der Waals surface area contributed by atoms with Crippen LogP contribution in [0.4, 0.5) is 0 Å². The summed E-state index contributed by atoms with van der Waals surface area (Å²) >= 11 is 0. The van der Waals surface area contributed by atoms with E-state index in [4.69, 9.17) is 15.6 Å². The Kier molecular flexibility index (Phi) is 6.30. The number of nitrogens with two attached hydrogens (primary N) is 1. The number of ether oxygens (including phenoxy) is 1. The van der Waals surface area contributed by atoms with Gasteiger partial charge in [0.05, 0.1) is 0 Å². The van der Waals surface area contributed by atoms with E-state index in [1.807, 2.05) is 24.3 Å². The average Bonchev–Trinajstić information content (AvgIpc) is 2.50. The molecule has 0 saturated carbocycles. The summed E-state index contributed by atoms with van der Waals surface area (Å²) in [5.41, 5.74) is 6.70. The maximum atomic E-state index is 9.12. The number of nitrogens with zero attached hydrogens (tertiary/aromatic N) is 1. The van der Waals surface area contributed by atoms with Crippen LogP contribution in [0, 0.1) is 0 Å². The highest BCUT2D eigenvalue weighted by molar-refractivity contribution is 5.27. The fraction of sp³-hybridized carbons (Fsp3) is 0.625. The molecule has 1 fully saturated rings. The highest BCUT2D eigenvalue weighted by Crippen LogP contribution is 2.19. The van der Waals surface area contributed by atoms with Gasteiger partial charge in [-0.2, -0.15) is 0 Å². The first-order valence-corrected chi connectivity index (χ1v) is 7.60. The van der Waals surface area contributed by atoms with E-state index >= 15 is 0 Å². The normalized spacial score (nSPS) is 20.0. The number of hydrogen-bond donors (Lipinski definition) is 2. The summed E-state index contributed by atoms with van der Waals surface area (Å²) in [5, 5.41) is 9.12. The molecule has 1 aromatic rings. The third-order valence-electron chi connectivity index (χ3n) is 4.02. The van der Waals surface area contributed by atoms with Gasteiger partial charge in [0, 0.05) is 25.7 Å². The van der Waals surface area contributed by atoms with Crippen molar-refractivity contribution in [3.63, 3.8) is 0 Å². The van der Waals surface area contributed by atoms with Crippen molar-refractivity contribution in [1.82, 2.24) is 4.90 Å². The predicted molar refractivity (Wildman–Crippen MR) is 80.7 cm³/mol. The molecule has 20 heavy (non-hydrogen) atoms. The molecule has 2 rings (SSSR count). The number of rotatable bonds is 7. The van der Waals surface area contributed by atoms with Crippen LogP contribution in [0.1, 0.15) is 31.2 Å². The molecule has 1 unspecified atom stereocenters. The van der Waals surface area contributed by atoms with E-state index < -0.39 is 0 Å². The minimum atomic E-state index is 0.280. The van der Waals surface area contributed by atoms with Gasteiger partial charge in [-0.15, -0.1) is 0 Å².